The average Bonchev–Trinajstić information content (AvgIpc) is 3.69. The van der Waals surface area contributed by atoms with Crippen LogP contribution in [0.2, 0.25) is 0 Å². The smallest absolute Gasteiger partial charge is 0.302 e. The highest BCUT2D eigenvalue weighted by atomic mass is 16.6. The molecule has 3 heteroatoms. The molecule has 0 aromatic heterocycles. The quantitative estimate of drug-likeness (QED) is 0.274. The Balaban J connectivity index is 1.22. The molecule has 1 unspecified atom stereocenters. The molecule has 0 aromatic rings. The van der Waals surface area contributed by atoms with Crippen LogP contribution in [0.25, 0.3) is 0 Å². The van der Waals surface area contributed by atoms with Gasteiger partial charge in [0.1, 0.15) is 6.10 Å². The van der Waals surface area contributed by atoms with Crippen LogP contribution in [0.15, 0.2) is 0 Å². The number of ether oxygens (including phenoxy) is 2. The van der Waals surface area contributed by atoms with Crippen molar-refractivity contribution in [1.29, 1.82) is 0 Å². The van der Waals surface area contributed by atoms with E-state index in [1.165, 1.54) is 64.2 Å². The van der Waals surface area contributed by atoms with Gasteiger partial charge in [0, 0.05) is 12.3 Å². The Morgan fingerprint density at radius 3 is 2.19 bits per heavy atom. The summed E-state index contributed by atoms with van der Waals surface area (Å²) in [5.74, 6) is 3.83. The van der Waals surface area contributed by atoms with Gasteiger partial charge in [0.15, 0.2) is 0 Å². The van der Waals surface area contributed by atoms with E-state index in [0.717, 1.165) is 30.8 Å². The summed E-state index contributed by atoms with van der Waals surface area (Å²) in [5, 5.41) is 0. The molecule has 10 atom stereocenters. The largest absolute Gasteiger partial charge is 0.462 e. The van der Waals surface area contributed by atoms with Gasteiger partial charge in [0.25, 0.3) is 0 Å². The minimum absolute atomic E-state index is 0.0946. The van der Waals surface area contributed by atoms with Gasteiger partial charge < -0.3 is 9.47 Å². The lowest BCUT2D eigenvalue weighted by Crippen LogP contribution is -2.58. The van der Waals surface area contributed by atoms with Gasteiger partial charge in [-0.25, -0.2) is 0 Å². The molecule has 0 aromatic carbocycles. The summed E-state index contributed by atoms with van der Waals surface area (Å²) in [7, 11) is 0. The van der Waals surface area contributed by atoms with Gasteiger partial charge in [0.2, 0.25) is 0 Å². The third-order valence-corrected chi connectivity index (χ3v) is 14.7. The van der Waals surface area contributed by atoms with Crippen LogP contribution < -0.4 is 0 Å². The van der Waals surface area contributed by atoms with E-state index in [-0.39, 0.29) is 23.1 Å². The van der Waals surface area contributed by atoms with Crippen LogP contribution in [0.3, 0.4) is 0 Å². The van der Waals surface area contributed by atoms with E-state index in [2.05, 4.69) is 48.5 Å². The number of fused-ring (bicyclic) bond motifs is 2. The van der Waals surface area contributed by atoms with Crippen LogP contribution in [-0.2, 0) is 14.3 Å². The first-order valence-corrected chi connectivity index (χ1v) is 15.6. The molecule has 0 radical (unpaired) electrons. The molecule has 3 nitrogen and oxygen atoms in total. The van der Waals surface area contributed by atoms with Crippen molar-refractivity contribution in [2.24, 2.45) is 56.7 Å². The van der Waals surface area contributed by atoms with E-state index >= 15 is 0 Å². The lowest BCUT2D eigenvalue weighted by molar-refractivity contribution is -0.181. The minimum Gasteiger partial charge on any atom is -0.462 e. The SMILES string of the molecule is CC(=O)O[C@H]1CC[C@]23C[C@]24CC[C@]2(C)[C@@H]([C@H](C)CCC5(C(C)C)CO5)CC[C@@]2(C)[C@@H]4CC[C@H]3C1(C)C. The third kappa shape index (κ3) is 3.10. The molecule has 6 aliphatic rings. The second kappa shape index (κ2) is 7.76. The first-order valence-electron chi connectivity index (χ1n) is 15.6. The number of rotatable bonds is 6. The van der Waals surface area contributed by atoms with E-state index < -0.39 is 0 Å². The molecule has 5 aliphatic carbocycles. The van der Waals surface area contributed by atoms with Crippen molar-refractivity contribution in [1.82, 2.24) is 0 Å². The predicted molar refractivity (Wildman–Crippen MR) is 144 cm³/mol. The van der Waals surface area contributed by atoms with E-state index in [1.807, 2.05) is 0 Å². The number of carbonyl (C=O) groups excluding carboxylic acids is 1. The van der Waals surface area contributed by atoms with Crippen molar-refractivity contribution >= 4 is 5.97 Å². The van der Waals surface area contributed by atoms with Crippen LogP contribution in [0, 0.1) is 56.7 Å². The van der Waals surface area contributed by atoms with E-state index in [4.69, 9.17) is 9.47 Å². The Bertz CT molecular complexity index is 918. The molecule has 1 heterocycles. The zero-order valence-corrected chi connectivity index (χ0v) is 24.7. The fraction of sp³-hybridized carbons (Fsp3) is 0.970. The molecule has 1 aliphatic heterocycles. The lowest BCUT2D eigenvalue weighted by Gasteiger charge is -2.63. The Kier molecular flexibility index (Phi) is 5.54. The zero-order chi connectivity index (χ0) is 25.9. The van der Waals surface area contributed by atoms with E-state index in [0.29, 0.717) is 33.5 Å². The highest BCUT2D eigenvalue weighted by Gasteiger charge is 2.82. The first-order chi connectivity index (χ1) is 16.8. The van der Waals surface area contributed by atoms with E-state index in [1.54, 1.807) is 6.92 Å². The van der Waals surface area contributed by atoms with Crippen molar-refractivity contribution in [2.75, 3.05) is 6.61 Å². The molecule has 5 saturated carbocycles. The summed E-state index contributed by atoms with van der Waals surface area (Å²) in [5.41, 5.74) is 2.37. The maximum absolute atomic E-state index is 11.9. The fourth-order valence-electron chi connectivity index (χ4n) is 12.2. The van der Waals surface area contributed by atoms with Crippen LogP contribution in [-0.4, -0.2) is 24.3 Å². The molecule has 0 N–H and O–H groups in total. The molecular formula is C33H54O3. The number of hydrogen-bond donors (Lipinski definition) is 0. The van der Waals surface area contributed by atoms with Gasteiger partial charge in [-0.1, -0.05) is 48.5 Å². The predicted octanol–water partition coefficient (Wildman–Crippen LogP) is 8.20. The van der Waals surface area contributed by atoms with Gasteiger partial charge in [0.05, 0.1) is 12.2 Å². The van der Waals surface area contributed by atoms with Gasteiger partial charge in [-0.3, -0.25) is 4.79 Å². The summed E-state index contributed by atoms with van der Waals surface area (Å²) >= 11 is 0. The molecule has 36 heavy (non-hydrogen) atoms. The lowest BCUT2D eigenvalue weighted by atomic mass is 9.41. The summed E-state index contributed by atoms with van der Waals surface area (Å²) in [6.45, 7) is 20.2. The molecule has 6 fully saturated rings. The Labute approximate surface area is 221 Å². The van der Waals surface area contributed by atoms with Crippen molar-refractivity contribution in [2.45, 2.75) is 138 Å². The van der Waals surface area contributed by atoms with Crippen molar-refractivity contribution in [3.63, 3.8) is 0 Å². The molecule has 1 saturated heterocycles. The number of esters is 1. The van der Waals surface area contributed by atoms with Crippen LogP contribution >= 0.6 is 0 Å². The fourth-order valence-corrected chi connectivity index (χ4v) is 12.2. The summed E-state index contributed by atoms with van der Waals surface area (Å²) in [6.07, 6.45) is 15.0. The number of epoxide rings is 1. The molecule has 6 rings (SSSR count). The number of carbonyl (C=O) groups is 1. The van der Waals surface area contributed by atoms with Crippen LogP contribution in [0.5, 0.6) is 0 Å². The second-order valence-electron chi connectivity index (χ2n) is 16.1. The summed E-state index contributed by atoms with van der Waals surface area (Å²) < 4.78 is 11.9. The van der Waals surface area contributed by atoms with Crippen LogP contribution in [0.1, 0.15) is 126 Å². The van der Waals surface area contributed by atoms with Crippen molar-refractivity contribution < 1.29 is 14.3 Å². The van der Waals surface area contributed by atoms with Gasteiger partial charge in [-0.15, -0.1) is 0 Å². The average molecular weight is 499 g/mol. The minimum atomic E-state index is -0.0946. The van der Waals surface area contributed by atoms with Crippen molar-refractivity contribution in [3.05, 3.63) is 0 Å². The Morgan fingerprint density at radius 2 is 1.56 bits per heavy atom. The topological polar surface area (TPSA) is 38.8 Å². The van der Waals surface area contributed by atoms with E-state index in [9.17, 15) is 4.79 Å². The standard InChI is InChI=1S/C33H54O3/c1-21(2)33(20-35-33)16-11-22(3)24-12-14-30(8)26-10-9-25-28(5,6)27(36-23(4)34)13-15-31(25)19-32(26,31)18-17-29(24,30)7/h21-22,24-27H,9-20H2,1-8H3/t22-,24-,25+,26+,27+,29-,30+,31-,32+,33?/m1/s1. The first kappa shape index (κ1) is 25.7. The maximum Gasteiger partial charge on any atom is 0.302 e. The Morgan fingerprint density at radius 1 is 0.889 bits per heavy atom. The highest BCUT2D eigenvalue weighted by molar-refractivity contribution is 5.66. The molecule has 2 spiro atoms. The number of hydrogen-bond acceptors (Lipinski definition) is 3. The normalized spacial score (nSPS) is 53.0. The van der Waals surface area contributed by atoms with Gasteiger partial charge >= 0.3 is 5.97 Å². The Hall–Kier alpha value is -0.570. The highest BCUT2D eigenvalue weighted by Crippen LogP contribution is 2.89. The molecule has 0 amide bonds. The zero-order valence-electron chi connectivity index (χ0n) is 24.7. The van der Waals surface area contributed by atoms with Crippen molar-refractivity contribution in [3.8, 4) is 0 Å². The molecule has 0 bridgehead atoms. The second-order valence-corrected chi connectivity index (χ2v) is 16.1. The summed E-state index contributed by atoms with van der Waals surface area (Å²) in [6, 6.07) is 0. The third-order valence-electron chi connectivity index (χ3n) is 14.7. The summed E-state index contributed by atoms with van der Waals surface area (Å²) in [4.78, 5) is 11.9. The van der Waals surface area contributed by atoms with Gasteiger partial charge in [-0.2, -0.15) is 0 Å². The monoisotopic (exact) mass is 498 g/mol. The molecule has 204 valence electrons. The maximum atomic E-state index is 11.9. The molecular weight excluding hydrogens is 444 g/mol. The van der Waals surface area contributed by atoms with Crippen LogP contribution in [0.4, 0.5) is 0 Å². The van der Waals surface area contributed by atoms with Gasteiger partial charge in [-0.05, 0) is 122 Å².